The molecule has 0 aromatic rings. The zero-order valence-corrected chi connectivity index (χ0v) is 10.9. The van der Waals surface area contributed by atoms with E-state index in [1.54, 1.807) is 0 Å². The Balaban J connectivity index is 1.85. The summed E-state index contributed by atoms with van der Waals surface area (Å²) in [7, 11) is 0. The van der Waals surface area contributed by atoms with Gasteiger partial charge < -0.3 is 14.5 Å². The van der Waals surface area contributed by atoms with Crippen LogP contribution in [0.1, 0.15) is 26.2 Å². The van der Waals surface area contributed by atoms with Gasteiger partial charge in [0, 0.05) is 19.6 Å². The molecular weight excluding hydrogens is 216 g/mol. The van der Waals surface area contributed by atoms with Crippen LogP contribution in [0.25, 0.3) is 0 Å². The largest absolute Gasteiger partial charge is 0.378 e. The van der Waals surface area contributed by atoms with Crippen LogP contribution in [0.3, 0.4) is 0 Å². The number of hydrogen-bond donors (Lipinski definition) is 0. The fourth-order valence-electron chi connectivity index (χ4n) is 2.82. The van der Waals surface area contributed by atoms with Crippen LogP contribution in [0.2, 0.25) is 0 Å². The summed E-state index contributed by atoms with van der Waals surface area (Å²) in [5.74, 6) is 0.586. The van der Waals surface area contributed by atoms with Crippen molar-refractivity contribution in [1.82, 2.24) is 9.80 Å². The predicted octanol–water partition coefficient (Wildman–Crippen LogP) is 0.967. The molecule has 2 saturated heterocycles. The van der Waals surface area contributed by atoms with Gasteiger partial charge >= 0.3 is 0 Å². The number of carbonyl (C=O) groups excluding carboxylic acids is 1. The van der Waals surface area contributed by atoms with E-state index in [4.69, 9.17) is 4.74 Å². The Hall–Kier alpha value is -0.610. The van der Waals surface area contributed by atoms with Crippen LogP contribution in [0.4, 0.5) is 0 Å². The van der Waals surface area contributed by atoms with E-state index in [9.17, 15) is 4.79 Å². The molecule has 98 valence electrons. The molecule has 2 aliphatic rings. The Labute approximate surface area is 104 Å². The highest BCUT2D eigenvalue weighted by Gasteiger charge is 2.29. The molecule has 2 fully saturated rings. The molecule has 0 N–H and O–H groups in total. The summed E-state index contributed by atoms with van der Waals surface area (Å²) in [6, 6.07) is 0. The molecule has 4 heteroatoms. The first-order valence-corrected chi connectivity index (χ1v) is 6.90. The molecule has 17 heavy (non-hydrogen) atoms. The van der Waals surface area contributed by atoms with E-state index in [0.29, 0.717) is 19.1 Å². The molecule has 0 aromatic carbocycles. The molecule has 0 aliphatic carbocycles. The first kappa shape index (κ1) is 12.8. The second-order valence-electron chi connectivity index (χ2n) is 5.08. The van der Waals surface area contributed by atoms with Crippen molar-refractivity contribution in [3.63, 3.8) is 0 Å². The fourth-order valence-corrected chi connectivity index (χ4v) is 2.82. The highest BCUT2D eigenvalue weighted by molar-refractivity contribution is 5.79. The highest BCUT2D eigenvalue weighted by Crippen LogP contribution is 2.19. The topological polar surface area (TPSA) is 32.8 Å². The third-order valence-corrected chi connectivity index (χ3v) is 3.72. The lowest BCUT2D eigenvalue weighted by molar-refractivity contribution is -0.141. The maximum atomic E-state index is 12.3. The van der Waals surface area contributed by atoms with Gasteiger partial charge in [-0.05, 0) is 32.4 Å². The SMILES string of the molecule is CCCN1CCCC(C(=O)N2CCOCC2)C1. The van der Waals surface area contributed by atoms with Crippen molar-refractivity contribution in [3.05, 3.63) is 0 Å². The van der Waals surface area contributed by atoms with Gasteiger partial charge in [-0.15, -0.1) is 0 Å². The van der Waals surface area contributed by atoms with Gasteiger partial charge in [0.05, 0.1) is 19.1 Å². The summed E-state index contributed by atoms with van der Waals surface area (Å²) < 4.78 is 5.29. The quantitative estimate of drug-likeness (QED) is 0.737. The number of carbonyl (C=O) groups is 1. The summed E-state index contributed by atoms with van der Waals surface area (Å²) in [6.07, 6.45) is 3.41. The summed E-state index contributed by atoms with van der Waals surface area (Å²) in [4.78, 5) is 16.8. The number of morpholine rings is 1. The molecule has 0 radical (unpaired) electrons. The van der Waals surface area contributed by atoms with E-state index in [2.05, 4.69) is 11.8 Å². The Kier molecular flexibility index (Phi) is 4.80. The normalized spacial score (nSPS) is 27.1. The molecule has 0 bridgehead atoms. The maximum absolute atomic E-state index is 12.3. The second-order valence-corrected chi connectivity index (χ2v) is 5.08. The van der Waals surface area contributed by atoms with Crippen LogP contribution >= 0.6 is 0 Å². The van der Waals surface area contributed by atoms with Crippen molar-refractivity contribution < 1.29 is 9.53 Å². The van der Waals surface area contributed by atoms with Gasteiger partial charge in [-0.1, -0.05) is 6.92 Å². The molecule has 2 aliphatic heterocycles. The van der Waals surface area contributed by atoms with E-state index in [1.165, 1.54) is 19.4 Å². The fraction of sp³-hybridized carbons (Fsp3) is 0.923. The number of nitrogens with zero attached hydrogens (tertiary/aromatic N) is 2. The number of ether oxygens (including phenoxy) is 1. The number of piperidine rings is 1. The smallest absolute Gasteiger partial charge is 0.227 e. The monoisotopic (exact) mass is 240 g/mol. The van der Waals surface area contributed by atoms with E-state index < -0.39 is 0 Å². The summed E-state index contributed by atoms with van der Waals surface area (Å²) >= 11 is 0. The first-order valence-electron chi connectivity index (χ1n) is 6.90. The van der Waals surface area contributed by atoms with Crippen molar-refractivity contribution in [2.24, 2.45) is 5.92 Å². The third kappa shape index (κ3) is 3.42. The molecule has 2 rings (SSSR count). The Morgan fingerprint density at radius 1 is 1.29 bits per heavy atom. The third-order valence-electron chi connectivity index (χ3n) is 3.72. The molecule has 1 amide bonds. The molecule has 4 nitrogen and oxygen atoms in total. The zero-order valence-electron chi connectivity index (χ0n) is 10.9. The van der Waals surface area contributed by atoms with Gasteiger partial charge in [0.2, 0.25) is 5.91 Å². The Bertz CT molecular complexity index is 250. The van der Waals surface area contributed by atoms with Crippen molar-refractivity contribution in [3.8, 4) is 0 Å². The van der Waals surface area contributed by atoms with Crippen LogP contribution in [-0.4, -0.2) is 61.6 Å². The molecule has 0 spiro atoms. The van der Waals surface area contributed by atoms with Crippen molar-refractivity contribution in [1.29, 1.82) is 0 Å². The van der Waals surface area contributed by atoms with E-state index >= 15 is 0 Å². The standard InChI is InChI=1S/C13H24N2O2/c1-2-5-14-6-3-4-12(11-14)13(16)15-7-9-17-10-8-15/h12H,2-11H2,1H3. The predicted molar refractivity (Wildman–Crippen MR) is 66.9 cm³/mol. The van der Waals surface area contributed by atoms with Crippen molar-refractivity contribution in [2.45, 2.75) is 26.2 Å². The van der Waals surface area contributed by atoms with E-state index in [1.807, 2.05) is 4.90 Å². The van der Waals surface area contributed by atoms with Crippen molar-refractivity contribution >= 4 is 5.91 Å². The molecule has 1 unspecified atom stereocenters. The highest BCUT2D eigenvalue weighted by atomic mass is 16.5. The Morgan fingerprint density at radius 2 is 2.06 bits per heavy atom. The maximum Gasteiger partial charge on any atom is 0.227 e. The van der Waals surface area contributed by atoms with Gasteiger partial charge in [0.25, 0.3) is 0 Å². The molecule has 0 saturated carbocycles. The lowest BCUT2D eigenvalue weighted by atomic mass is 9.96. The average molecular weight is 240 g/mol. The Morgan fingerprint density at radius 3 is 2.76 bits per heavy atom. The van der Waals surface area contributed by atoms with Gasteiger partial charge in [0.15, 0.2) is 0 Å². The summed E-state index contributed by atoms with van der Waals surface area (Å²) in [5.41, 5.74) is 0. The van der Waals surface area contributed by atoms with E-state index in [0.717, 1.165) is 32.6 Å². The molecule has 0 aromatic heterocycles. The first-order chi connectivity index (χ1) is 8.31. The lowest BCUT2D eigenvalue weighted by Crippen LogP contribution is -2.48. The van der Waals surface area contributed by atoms with Gasteiger partial charge in [-0.3, -0.25) is 4.79 Å². The molecule has 1 atom stereocenters. The number of amides is 1. The minimum Gasteiger partial charge on any atom is -0.378 e. The minimum absolute atomic E-state index is 0.230. The minimum atomic E-state index is 0.230. The van der Waals surface area contributed by atoms with Crippen LogP contribution in [0, 0.1) is 5.92 Å². The van der Waals surface area contributed by atoms with Gasteiger partial charge in [0.1, 0.15) is 0 Å². The van der Waals surface area contributed by atoms with Gasteiger partial charge in [-0.2, -0.15) is 0 Å². The lowest BCUT2D eigenvalue weighted by Gasteiger charge is -2.36. The van der Waals surface area contributed by atoms with Crippen LogP contribution in [0.15, 0.2) is 0 Å². The average Bonchev–Trinajstić information content (AvgIpc) is 2.40. The second kappa shape index (κ2) is 6.36. The van der Waals surface area contributed by atoms with Crippen molar-refractivity contribution in [2.75, 3.05) is 45.9 Å². The molecular formula is C13H24N2O2. The summed E-state index contributed by atoms with van der Waals surface area (Å²) in [6.45, 7) is 8.44. The summed E-state index contributed by atoms with van der Waals surface area (Å²) in [5, 5.41) is 0. The van der Waals surface area contributed by atoms with Gasteiger partial charge in [-0.25, -0.2) is 0 Å². The zero-order chi connectivity index (χ0) is 12.1. The number of likely N-dealkylation sites (tertiary alicyclic amines) is 1. The number of rotatable bonds is 3. The number of hydrogen-bond acceptors (Lipinski definition) is 3. The van der Waals surface area contributed by atoms with Crippen LogP contribution in [0.5, 0.6) is 0 Å². The van der Waals surface area contributed by atoms with Crippen LogP contribution < -0.4 is 0 Å². The van der Waals surface area contributed by atoms with Crippen LogP contribution in [-0.2, 0) is 9.53 Å². The molecule has 2 heterocycles. The van der Waals surface area contributed by atoms with E-state index in [-0.39, 0.29) is 5.92 Å².